The van der Waals surface area contributed by atoms with Crippen LogP contribution in [0.4, 0.5) is 0 Å². The molecule has 0 atom stereocenters. The topological polar surface area (TPSA) is 28.5 Å². The maximum atomic E-state index is 0. The van der Waals surface area contributed by atoms with Crippen LogP contribution >= 0.6 is 0 Å². The minimum absolute atomic E-state index is 0. The summed E-state index contributed by atoms with van der Waals surface area (Å²) in [4.78, 5) is 0. The molecule has 0 aliphatic rings. The zero-order chi connectivity index (χ0) is 0. The Balaban J connectivity index is 0. The molecule has 0 fully saturated rings. The number of hydrogen-bond donors (Lipinski definition) is 0. The predicted molar refractivity (Wildman–Crippen MR) is 16.6 cm³/mol. The Bertz CT molecular complexity index is 20.5. The summed E-state index contributed by atoms with van der Waals surface area (Å²) in [5.41, 5.74) is 0. The molecule has 0 N–H and O–H groups in total. The zero-order valence-electron chi connectivity index (χ0n) is 6.83. The molecule has 1 nitrogen and oxygen atoms in total. The molecule has 27 valence electrons. The van der Waals surface area contributed by atoms with Crippen molar-refractivity contribution in [3.05, 3.63) is 0 Å². The van der Waals surface area contributed by atoms with Crippen LogP contribution in [0.3, 0.4) is 0 Å². The monoisotopic (exact) mass is 463 g/mol. The summed E-state index contributed by atoms with van der Waals surface area (Å²) < 4.78 is 0. The van der Waals surface area contributed by atoms with Crippen molar-refractivity contribution in [3.8, 4) is 0 Å². The molecule has 0 unspecified atom stereocenters. The van der Waals surface area contributed by atoms with Gasteiger partial charge in [-0.25, -0.2) is 0 Å². The quantitative estimate of drug-likeness (QED) is 0.438. The van der Waals surface area contributed by atoms with E-state index in [0.717, 1.165) is 0 Å². The van der Waals surface area contributed by atoms with Gasteiger partial charge < -0.3 is 11.2 Å². The molecule has 5 heteroatoms. The summed E-state index contributed by atoms with van der Waals surface area (Å²) in [6, 6.07) is 0. The third-order valence-electron chi connectivity index (χ3n) is 0. The van der Waals surface area contributed by atoms with Gasteiger partial charge in [0, 0.05) is 27.7 Å². The van der Waals surface area contributed by atoms with E-state index in [9.17, 15) is 0 Å². The van der Waals surface area contributed by atoms with Crippen LogP contribution in [0.2, 0.25) is 0 Å². The van der Waals surface area contributed by atoms with E-state index in [1.807, 2.05) is 0 Å². The second kappa shape index (κ2) is 24.0. The van der Waals surface area contributed by atoms with Crippen LogP contribution in [0.15, 0.2) is 0 Å². The van der Waals surface area contributed by atoms with Gasteiger partial charge in [0.15, 0.2) is 0 Å². The largest absolute Gasteiger partial charge is 2.00 e. The van der Waals surface area contributed by atoms with Gasteiger partial charge in [0.1, 0.15) is 0 Å². The van der Waals surface area contributed by atoms with E-state index >= 15 is 0 Å². The number of rotatable bonds is 0. The molecular formula is H4BaCaCuHgO. The SMILES string of the molecule is [Ba+2].[Ca+2].[Cu+2].[H-].[H-].[H-].[H-].[Hg].[O-2]. The van der Waals surface area contributed by atoms with Gasteiger partial charge in [-0.05, 0) is 0 Å². The summed E-state index contributed by atoms with van der Waals surface area (Å²) >= 11 is 0. The van der Waals surface area contributed by atoms with Crippen molar-refractivity contribution in [2.75, 3.05) is 0 Å². The first-order valence-corrected chi connectivity index (χ1v) is 0. The van der Waals surface area contributed by atoms with E-state index in [1.54, 1.807) is 0 Å². The van der Waals surface area contributed by atoms with Crippen LogP contribution in [-0.2, 0) is 50.2 Å². The van der Waals surface area contributed by atoms with E-state index in [2.05, 4.69) is 0 Å². The molecule has 0 spiro atoms. The summed E-state index contributed by atoms with van der Waals surface area (Å²) in [5.74, 6) is 0. The van der Waals surface area contributed by atoms with Crippen molar-refractivity contribution in [2.45, 2.75) is 0 Å². The summed E-state index contributed by atoms with van der Waals surface area (Å²) in [6.07, 6.45) is 0. The molecule has 5 heavy (non-hydrogen) atoms. The molecule has 0 saturated carbocycles. The average Bonchev–Trinajstić information content (AvgIpc) is 0. The van der Waals surface area contributed by atoms with E-state index in [1.165, 1.54) is 0 Å². The van der Waals surface area contributed by atoms with Crippen molar-refractivity contribution in [3.63, 3.8) is 0 Å². The van der Waals surface area contributed by atoms with Crippen molar-refractivity contribution in [1.82, 2.24) is 0 Å². The first-order chi connectivity index (χ1) is 0. The molecule has 0 aliphatic carbocycles. The minimum atomic E-state index is 0. The number of hydrogen-bond acceptors (Lipinski definition) is 0. The van der Waals surface area contributed by atoms with Gasteiger partial charge in [0.2, 0.25) is 0 Å². The second-order valence-electron chi connectivity index (χ2n) is 0. The molecule has 1 radical (unpaired) electrons. The molecular weight excluding hydrogens is 458 g/mol. The smallest absolute Gasteiger partial charge is 2.00 e. The molecule has 0 aliphatic heterocycles. The molecule has 0 rings (SSSR count). The Morgan fingerprint density at radius 1 is 1.20 bits per heavy atom. The molecule has 0 heterocycles. The maximum Gasteiger partial charge on any atom is 2.00 e. The van der Waals surface area contributed by atoms with Gasteiger partial charge >= 0.3 is 104 Å². The molecule has 0 aromatic rings. The van der Waals surface area contributed by atoms with Crippen molar-refractivity contribution in [1.29, 1.82) is 0 Å². The van der Waals surface area contributed by atoms with Gasteiger partial charge in [-0.2, -0.15) is 0 Å². The Hall–Kier alpha value is 4.25. The fourth-order valence-electron chi connectivity index (χ4n) is 0. The third-order valence-corrected chi connectivity index (χ3v) is 0. The Kier molecular flexibility index (Phi) is 167. The maximum absolute atomic E-state index is 0. The van der Waals surface area contributed by atoms with E-state index < -0.39 is 0 Å². The molecule has 0 aromatic heterocycles. The summed E-state index contributed by atoms with van der Waals surface area (Å²) in [5, 5.41) is 0. The van der Waals surface area contributed by atoms with Gasteiger partial charge in [0.05, 0.1) is 0 Å². The van der Waals surface area contributed by atoms with E-state index in [-0.39, 0.29) is 143 Å². The van der Waals surface area contributed by atoms with Crippen molar-refractivity contribution < 1.29 is 55.9 Å². The second-order valence-corrected chi connectivity index (χ2v) is 0. The van der Waals surface area contributed by atoms with Gasteiger partial charge in [0.25, 0.3) is 0 Å². The van der Waals surface area contributed by atoms with E-state index in [4.69, 9.17) is 0 Å². The molecule has 0 amide bonds. The third kappa shape index (κ3) is 17.8. The van der Waals surface area contributed by atoms with Gasteiger partial charge in [-0.3, -0.25) is 0 Å². The Morgan fingerprint density at radius 3 is 1.20 bits per heavy atom. The predicted octanol–water partition coefficient (Wildman–Crippen LogP) is -0.435. The van der Waals surface area contributed by atoms with Crippen LogP contribution in [0.1, 0.15) is 5.71 Å². The van der Waals surface area contributed by atoms with Gasteiger partial charge in [-0.1, -0.05) is 0 Å². The molecule has 0 aromatic carbocycles. The summed E-state index contributed by atoms with van der Waals surface area (Å²) in [7, 11) is 0. The van der Waals surface area contributed by atoms with Crippen LogP contribution in [0.25, 0.3) is 0 Å². The average molecular weight is 462 g/mol. The van der Waals surface area contributed by atoms with Crippen LogP contribution in [-0.4, -0.2) is 86.6 Å². The van der Waals surface area contributed by atoms with Crippen molar-refractivity contribution in [2.24, 2.45) is 0 Å². The van der Waals surface area contributed by atoms with Crippen LogP contribution in [0.5, 0.6) is 0 Å². The van der Waals surface area contributed by atoms with Gasteiger partial charge in [-0.15, -0.1) is 0 Å². The zero-order valence-corrected chi connectivity index (χ0v) is 15.9. The normalized spacial score (nSPS) is 0. The fraction of sp³-hybridized carbons (Fsp3) is 0. The minimum Gasteiger partial charge on any atom is -2.00 e. The Morgan fingerprint density at radius 2 is 1.20 bits per heavy atom. The first-order valence-electron chi connectivity index (χ1n) is 0. The standard InChI is InChI=1S/Ba.Ca.Cu.Hg.O.4H/q3*+2;;-2;4*-1. The molecule has 0 saturated heterocycles. The van der Waals surface area contributed by atoms with E-state index in [0.29, 0.717) is 0 Å². The summed E-state index contributed by atoms with van der Waals surface area (Å²) in [6.45, 7) is 0. The van der Waals surface area contributed by atoms with Crippen LogP contribution in [0, 0.1) is 0 Å². The fourth-order valence-corrected chi connectivity index (χ4v) is 0. The molecule has 0 bridgehead atoms. The van der Waals surface area contributed by atoms with Crippen molar-refractivity contribution >= 4 is 86.6 Å². The van der Waals surface area contributed by atoms with Crippen LogP contribution < -0.4 is 0 Å². The first kappa shape index (κ1) is 34.9. The Labute approximate surface area is 139 Å².